The van der Waals surface area contributed by atoms with Crippen molar-refractivity contribution in [3.63, 3.8) is 0 Å². The van der Waals surface area contributed by atoms with Gasteiger partial charge in [0.2, 0.25) is 0 Å². The van der Waals surface area contributed by atoms with E-state index < -0.39 is 14.9 Å². The van der Waals surface area contributed by atoms with Crippen LogP contribution in [0.4, 0.5) is 4.39 Å². The topological polar surface area (TPSA) is 79.0 Å². The van der Waals surface area contributed by atoms with Crippen LogP contribution >= 0.6 is 11.3 Å². The number of sulfonamides is 1. The van der Waals surface area contributed by atoms with Crippen molar-refractivity contribution >= 4 is 21.4 Å². The maximum Gasteiger partial charge on any atom is 0.305 e. The number of hydrogen-bond acceptors (Lipinski definition) is 4. The Hall–Kier alpha value is -1.51. The van der Waals surface area contributed by atoms with Crippen molar-refractivity contribution < 1.29 is 12.8 Å². The van der Waals surface area contributed by atoms with Crippen LogP contribution in [-0.2, 0) is 16.6 Å². The molecule has 0 atom stereocenters. The van der Waals surface area contributed by atoms with E-state index >= 15 is 0 Å². The summed E-state index contributed by atoms with van der Waals surface area (Å²) in [5, 5.41) is 0. The lowest BCUT2D eigenvalue weighted by atomic mass is 10.1. The zero-order chi connectivity index (χ0) is 14.9. The second-order valence-electron chi connectivity index (χ2n) is 4.34. The Morgan fingerprint density at radius 1 is 1.35 bits per heavy atom. The summed E-state index contributed by atoms with van der Waals surface area (Å²) in [5.41, 5.74) is 1.30. The average Bonchev–Trinajstić information content (AvgIpc) is 2.71. The maximum absolute atomic E-state index is 13.4. The number of aryl methyl sites for hydroxylation is 2. The Bertz CT molecular complexity index is 793. The van der Waals surface area contributed by atoms with Gasteiger partial charge >= 0.3 is 4.87 Å². The lowest BCUT2D eigenvalue weighted by Gasteiger charge is -2.06. The van der Waals surface area contributed by atoms with Crippen LogP contribution in [0.15, 0.2) is 27.2 Å². The second kappa shape index (κ2) is 5.47. The van der Waals surface area contributed by atoms with Crippen LogP contribution in [0.1, 0.15) is 16.8 Å². The van der Waals surface area contributed by atoms with E-state index in [0.717, 1.165) is 0 Å². The number of thiazole rings is 1. The molecule has 2 rings (SSSR count). The molecule has 0 fully saturated rings. The molecule has 108 valence electrons. The highest BCUT2D eigenvalue weighted by Gasteiger charge is 2.20. The molecule has 2 N–H and O–H groups in total. The van der Waals surface area contributed by atoms with Crippen LogP contribution in [0.5, 0.6) is 0 Å². The number of aromatic nitrogens is 1. The molecule has 0 aliphatic heterocycles. The van der Waals surface area contributed by atoms with Crippen LogP contribution in [0.2, 0.25) is 0 Å². The van der Waals surface area contributed by atoms with Gasteiger partial charge in [-0.15, -0.1) is 0 Å². The van der Waals surface area contributed by atoms with Gasteiger partial charge in [0.25, 0.3) is 10.0 Å². The molecule has 2 aromatic rings. The average molecular weight is 316 g/mol. The minimum absolute atomic E-state index is 0.0366. The molecule has 20 heavy (non-hydrogen) atoms. The van der Waals surface area contributed by atoms with E-state index in [4.69, 9.17) is 0 Å². The van der Waals surface area contributed by atoms with E-state index in [1.807, 2.05) is 0 Å². The number of H-pyrrole nitrogens is 1. The molecule has 5 nitrogen and oxygen atoms in total. The Kier molecular flexibility index (Phi) is 4.07. The van der Waals surface area contributed by atoms with Gasteiger partial charge in [-0.3, -0.25) is 4.79 Å². The van der Waals surface area contributed by atoms with Crippen molar-refractivity contribution in [1.29, 1.82) is 0 Å². The third-order valence-corrected chi connectivity index (χ3v) is 5.73. The fourth-order valence-corrected chi connectivity index (χ4v) is 4.00. The zero-order valence-electron chi connectivity index (χ0n) is 10.9. The van der Waals surface area contributed by atoms with Gasteiger partial charge in [-0.1, -0.05) is 23.5 Å². The molecule has 0 saturated heterocycles. The van der Waals surface area contributed by atoms with Crippen LogP contribution in [0, 0.1) is 19.7 Å². The smallest absolute Gasteiger partial charge is 0.305 e. The minimum atomic E-state index is -3.78. The van der Waals surface area contributed by atoms with E-state index in [-0.39, 0.29) is 16.6 Å². The highest BCUT2D eigenvalue weighted by atomic mass is 32.2. The SMILES string of the molecule is Cc1ccc(CNS(=O)(=O)c2sc(=O)[nH]c2C)cc1F. The van der Waals surface area contributed by atoms with Crippen molar-refractivity contribution in [2.45, 2.75) is 24.6 Å². The predicted octanol–water partition coefficient (Wildman–Crippen LogP) is 1.67. The van der Waals surface area contributed by atoms with Gasteiger partial charge in [-0.05, 0) is 31.0 Å². The maximum atomic E-state index is 13.4. The van der Waals surface area contributed by atoms with E-state index in [0.29, 0.717) is 28.2 Å². The van der Waals surface area contributed by atoms with Crippen LogP contribution in [-0.4, -0.2) is 13.4 Å². The van der Waals surface area contributed by atoms with Gasteiger partial charge in [-0.25, -0.2) is 17.5 Å². The van der Waals surface area contributed by atoms with Gasteiger partial charge in [-0.2, -0.15) is 0 Å². The summed E-state index contributed by atoms with van der Waals surface area (Å²) in [5.74, 6) is -0.385. The first-order valence-corrected chi connectivity index (χ1v) is 8.04. The van der Waals surface area contributed by atoms with Crippen LogP contribution < -0.4 is 9.60 Å². The molecule has 0 aliphatic rings. The van der Waals surface area contributed by atoms with Gasteiger partial charge in [0.15, 0.2) is 4.21 Å². The highest BCUT2D eigenvalue weighted by Crippen LogP contribution is 2.16. The van der Waals surface area contributed by atoms with E-state index in [1.54, 1.807) is 19.1 Å². The second-order valence-corrected chi connectivity index (χ2v) is 7.28. The Balaban J connectivity index is 2.19. The fourth-order valence-electron chi connectivity index (χ4n) is 1.64. The highest BCUT2D eigenvalue weighted by molar-refractivity contribution is 7.91. The number of hydrogen-bond donors (Lipinski definition) is 2. The normalized spacial score (nSPS) is 11.8. The molecule has 0 spiro atoms. The molecule has 0 amide bonds. The van der Waals surface area contributed by atoms with Gasteiger partial charge in [0.1, 0.15) is 5.82 Å². The molecule has 0 radical (unpaired) electrons. The molecule has 1 aromatic carbocycles. The van der Waals surface area contributed by atoms with Gasteiger partial charge < -0.3 is 4.98 Å². The van der Waals surface area contributed by atoms with E-state index in [1.165, 1.54) is 13.0 Å². The van der Waals surface area contributed by atoms with Crippen molar-refractivity contribution in [3.05, 3.63) is 50.5 Å². The van der Waals surface area contributed by atoms with Crippen LogP contribution in [0.25, 0.3) is 0 Å². The standard InChI is InChI=1S/C12H13FN2O3S2/c1-7-3-4-9(5-10(7)13)6-14-20(17,18)11-8(2)15-12(16)19-11/h3-5,14H,6H2,1-2H3,(H,15,16). The molecule has 0 saturated carbocycles. The summed E-state index contributed by atoms with van der Waals surface area (Å²) < 4.78 is 39.7. The summed E-state index contributed by atoms with van der Waals surface area (Å²) in [6.45, 7) is 3.10. The first-order chi connectivity index (χ1) is 9.29. The lowest BCUT2D eigenvalue weighted by molar-refractivity contribution is 0.581. The molecule has 0 unspecified atom stereocenters. The number of aromatic amines is 1. The summed E-state index contributed by atoms with van der Waals surface area (Å²) in [6, 6.07) is 4.51. The third-order valence-electron chi connectivity index (χ3n) is 2.73. The first-order valence-electron chi connectivity index (χ1n) is 5.74. The Labute approximate surface area is 119 Å². The van der Waals surface area contributed by atoms with Crippen molar-refractivity contribution in [2.75, 3.05) is 0 Å². The van der Waals surface area contributed by atoms with Crippen LogP contribution in [0.3, 0.4) is 0 Å². The van der Waals surface area contributed by atoms with Crippen molar-refractivity contribution in [1.82, 2.24) is 9.71 Å². The largest absolute Gasteiger partial charge is 0.315 e. The third kappa shape index (κ3) is 3.14. The van der Waals surface area contributed by atoms with Gasteiger partial charge in [0.05, 0.1) is 0 Å². The number of rotatable bonds is 4. The number of benzene rings is 1. The van der Waals surface area contributed by atoms with E-state index in [9.17, 15) is 17.6 Å². The summed E-state index contributed by atoms with van der Waals surface area (Å²) in [6.07, 6.45) is 0. The van der Waals surface area contributed by atoms with Crippen molar-refractivity contribution in [2.24, 2.45) is 0 Å². The summed E-state index contributed by atoms with van der Waals surface area (Å²) >= 11 is 0.626. The number of halogens is 1. The molecular weight excluding hydrogens is 303 g/mol. The zero-order valence-corrected chi connectivity index (χ0v) is 12.5. The van der Waals surface area contributed by atoms with Crippen molar-refractivity contribution in [3.8, 4) is 0 Å². The fraction of sp³-hybridized carbons (Fsp3) is 0.250. The molecule has 0 aliphatic carbocycles. The minimum Gasteiger partial charge on any atom is -0.315 e. The first kappa shape index (κ1) is 14.9. The Morgan fingerprint density at radius 3 is 2.60 bits per heavy atom. The molecule has 1 aromatic heterocycles. The predicted molar refractivity (Wildman–Crippen MR) is 74.8 cm³/mol. The summed E-state index contributed by atoms with van der Waals surface area (Å²) in [7, 11) is -3.78. The molecule has 1 heterocycles. The van der Waals surface area contributed by atoms with Gasteiger partial charge in [0, 0.05) is 12.2 Å². The van der Waals surface area contributed by atoms with E-state index in [2.05, 4.69) is 9.71 Å². The number of nitrogens with one attached hydrogen (secondary N) is 2. The quantitative estimate of drug-likeness (QED) is 0.900. The molecular formula is C12H13FN2O3S2. The summed E-state index contributed by atoms with van der Waals surface area (Å²) in [4.78, 5) is 13.1. The Morgan fingerprint density at radius 2 is 2.05 bits per heavy atom. The molecule has 8 heteroatoms. The lowest BCUT2D eigenvalue weighted by Crippen LogP contribution is -2.23. The molecule has 0 bridgehead atoms. The monoisotopic (exact) mass is 316 g/mol.